The Morgan fingerprint density at radius 1 is 1.44 bits per heavy atom. The van der Waals surface area contributed by atoms with Crippen molar-refractivity contribution in [2.24, 2.45) is 0 Å². The van der Waals surface area contributed by atoms with Crippen molar-refractivity contribution in [3.05, 3.63) is 40.8 Å². The van der Waals surface area contributed by atoms with Gasteiger partial charge in [0.2, 0.25) is 0 Å². The number of carboxylic acids is 1. The van der Waals surface area contributed by atoms with Crippen molar-refractivity contribution >= 4 is 42.3 Å². The number of carboxylic acid groups (broad SMARTS) is 1. The number of nitrogens with zero attached hydrogens (tertiary/aromatic N) is 1. The first kappa shape index (κ1) is 13.0. The number of hydrogen-bond acceptors (Lipinski definition) is 4. The predicted octanol–water partition coefficient (Wildman–Crippen LogP) is 1.90. The summed E-state index contributed by atoms with van der Waals surface area (Å²) in [6.07, 6.45) is 1.75. The van der Waals surface area contributed by atoms with Crippen molar-refractivity contribution in [1.29, 1.82) is 0 Å². The molecule has 2 rings (SSSR count). The standard InChI is InChI=1S/C12H11NO3S2/c14-10(15)7-13-11(16)9(18-12(13)17)6-8-4-2-1-3-5-8/h1-6,12,17H,7H2,(H,14,15). The number of thiol groups is 1. The van der Waals surface area contributed by atoms with Gasteiger partial charge in [0.1, 0.15) is 11.3 Å². The summed E-state index contributed by atoms with van der Waals surface area (Å²) < 4.78 is -0.441. The lowest BCUT2D eigenvalue weighted by Gasteiger charge is -2.15. The minimum absolute atomic E-state index is 0.286. The van der Waals surface area contributed by atoms with E-state index in [1.807, 2.05) is 30.3 Å². The van der Waals surface area contributed by atoms with E-state index in [-0.39, 0.29) is 12.5 Å². The highest BCUT2D eigenvalue weighted by Gasteiger charge is 2.35. The van der Waals surface area contributed by atoms with E-state index in [0.717, 1.165) is 5.56 Å². The van der Waals surface area contributed by atoms with E-state index in [1.54, 1.807) is 6.08 Å². The molecule has 1 atom stereocenters. The average Bonchev–Trinajstić information content (AvgIpc) is 2.58. The third-order valence-electron chi connectivity index (χ3n) is 2.37. The number of carbonyl (C=O) groups is 2. The number of rotatable bonds is 3. The summed E-state index contributed by atoms with van der Waals surface area (Å²) >= 11 is 5.47. The van der Waals surface area contributed by atoms with E-state index in [0.29, 0.717) is 4.91 Å². The van der Waals surface area contributed by atoms with Crippen LogP contribution in [0.1, 0.15) is 5.56 Å². The molecular weight excluding hydrogens is 270 g/mol. The van der Waals surface area contributed by atoms with Crippen molar-refractivity contribution in [3.8, 4) is 0 Å². The molecule has 1 saturated heterocycles. The van der Waals surface area contributed by atoms with E-state index >= 15 is 0 Å². The van der Waals surface area contributed by atoms with Gasteiger partial charge < -0.3 is 10.0 Å². The molecule has 0 aliphatic carbocycles. The molecule has 18 heavy (non-hydrogen) atoms. The zero-order chi connectivity index (χ0) is 13.1. The maximum Gasteiger partial charge on any atom is 0.323 e. The van der Waals surface area contributed by atoms with E-state index in [1.165, 1.54) is 16.7 Å². The molecule has 0 aromatic heterocycles. The predicted molar refractivity (Wildman–Crippen MR) is 74.1 cm³/mol. The average molecular weight is 281 g/mol. The maximum absolute atomic E-state index is 12.0. The summed E-state index contributed by atoms with van der Waals surface area (Å²) in [4.78, 5) is 24.4. The van der Waals surface area contributed by atoms with Gasteiger partial charge in [-0.15, -0.1) is 12.6 Å². The second kappa shape index (κ2) is 5.49. The molecule has 1 aliphatic rings. The van der Waals surface area contributed by atoms with Gasteiger partial charge in [-0.1, -0.05) is 42.1 Å². The molecule has 1 N–H and O–H groups in total. The van der Waals surface area contributed by atoms with Gasteiger partial charge in [0, 0.05) is 0 Å². The van der Waals surface area contributed by atoms with Gasteiger partial charge in [-0.2, -0.15) is 0 Å². The molecule has 0 radical (unpaired) electrons. The molecule has 1 aliphatic heterocycles. The molecule has 1 aromatic rings. The van der Waals surface area contributed by atoms with Crippen molar-refractivity contribution in [2.75, 3.05) is 6.54 Å². The smallest absolute Gasteiger partial charge is 0.323 e. The third-order valence-corrected chi connectivity index (χ3v) is 3.98. The first-order valence-electron chi connectivity index (χ1n) is 5.22. The van der Waals surface area contributed by atoms with Crippen LogP contribution in [-0.4, -0.2) is 33.1 Å². The van der Waals surface area contributed by atoms with Gasteiger partial charge >= 0.3 is 5.97 Å². The molecule has 0 bridgehead atoms. The highest BCUT2D eigenvalue weighted by atomic mass is 32.2. The third kappa shape index (κ3) is 2.88. The van der Waals surface area contributed by atoms with Crippen LogP contribution >= 0.6 is 24.4 Å². The molecule has 1 fully saturated rings. The monoisotopic (exact) mass is 281 g/mol. The molecular formula is C12H11NO3S2. The fraction of sp³-hybridized carbons (Fsp3) is 0.167. The Kier molecular flexibility index (Phi) is 3.98. The van der Waals surface area contributed by atoms with Gasteiger partial charge in [0.15, 0.2) is 0 Å². The molecule has 4 nitrogen and oxygen atoms in total. The van der Waals surface area contributed by atoms with Crippen LogP contribution in [0.5, 0.6) is 0 Å². The fourth-order valence-electron chi connectivity index (χ4n) is 1.56. The molecule has 94 valence electrons. The van der Waals surface area contributed by atoms with Crippen LogP contribution < -0.4 is 0 Å². The minimum Gasteiger partial charge on any atom is -0.480 e. The minimum atomic E-state index is -1.04. The van der Waals surface area contributed by atoms with Gasteiger partial charge in [-0.05, 0) is 11.6 Å². The lowest BCUT2D eigenvalue weighted by atomic mass is 10.2. The zero-order valence-electron chi connectivity index (χ0n) is 9.31. The van der Waals surface area contributed by atoms with Gasteiger partial charge in [-0.25, -0.2) is 0 Å². The fourth-order valence-corrected chi connectivity index (χ4v) is 3.04. The Hall–Kier alpha value is -1.40. The lowest BCUT2D eigenvalue weighted by molar-refractivity contribution is -0.142. The molecule has 1 aromatic carbocycles. The molecule has 0 saturated carbocycles. The Labute approximate surface area is 114 Å². The van der Waals surface area contributed by atoms with E-state index in [9.17, 15) is 9.59 Å². The number of benzene rings is 1. The van der Waals surface area contributed by atoms with Crippen LogP contribution in [0.4, 0.5) is 0 Å². The number of aliphatic carboxylic acids is 1. The number of carbonyl (C=O) groups excluding carboxylic acids is 1. The van der Waals surface area contributed by atoms with Crippen molar-refractivity contribution in [1.82, 2.24) is 4.90 Å². The first-order chi connectivity index (χ1) is 8.58. The van der Waals surface area contributed by atoms with Gasteiger partial charge in [-0.3, -0.25) is 9.59 Å². The summed E-state index contributed by atoms with van der Waals surface area (Å²) in [5.74, 6) is -1.32. The molecule has 1 amide bonds. The van der Waals surface area contributed by atoms with Crippen LogP contribution in [0.3, 0.4) is 0 Å². The Balaban J connectivity index is 2.20. The van der Waals surface area contributed by atoms with Crippen LogP contribution in [-0.2, 0) is 9.59 Å². The summed E-state index contributed by atoms with van der Waals surface area (Å²) in [5.41, 5.74) is 0.908. The summed E-state index contributed by atoms with van der Waals surface area (Å²) in [6.45, 7) is -0.327. The molecule has 1 heterocycles. The highest BCUT2D eigenvalue weighted by Crippen LogP contribution is 2.37. The number of amides is 1. The summed E-state index contributed by atoms with van der Waals surface area (Å²) in [5, 5.41) is 8.73. The number of hydrogen-bond donors (Lipinski definition) is 2. The quantitative estimate of drug-likeness (QED) is 0.656. The highest BCUT2D eigenvalue weighted by molar-refractivity contribution is 8.14. The number of thioether (sulfide) groups is 1. The van der Waals surface area contributed by atoms with E-state index in [2.05, 4.69) is 12.6 Å². The summed E-state index contributed by atoms with van der Waals surface area (Å²) in [7, 11) is 0. The van der Waals surface area contributed by atoms with Gasteiger partial charge in [0.05, 0.1) is 4.91 Å². The molecule has 1 unspecified atom stereocenters. The van der Waals surface area contributed by atoms with Crippen molar-refractivity contribution < 1.29 is 14.7 Å². The largest absolute Gasteiger partial charge is 0.480 e. The van der Waals surface area contributed by atoms with Crippen LogP contribution in [0.15, 0.2) is 35.2 Å². The SMILES string of the molecule is O=C(O)CN1C(=O)C(=Cc2ccccc2)SC1S. The lowest BCUT2D eigenvalue weighted by Crippen LogP contribution is -2.34. The summed E-state index contributed by atoms with van der Waals surface area (Å²) in [6, 6.07) is 9.42. The Morgan fingerprint density at radius 3 is 2.72 bits per heavy atom. The van der Waals surface area contributed by atoms with E-state index < -0.39 is 10.7 Å². The Morgan fingerprint density at radius 2 is 2.11 bits per heavy atom. The second-order valence-electron chi connectivity index (χ2n) is 3.69. The van der Waals surface area contributed by atoms with Crippen LogP contribution in [0.25, 0.3) is 6.08 Å². The van der Waals surface area contributed by atoms with E-state index in [4.69, 9.17) is 5.11 Å². The van der Waals surface area contributed by atoms with Gasteiger partial charge in [0.25, 0.3) is 5.91 Å². The van der Waals surface area contributed by atoms with Crippen molar-refractivity contribution in [2.45, 2.75) is 4.71 Å². The Bertz CT molecular complexity index is 501. The van der Waals surface area contributed by atoms with Crippen molar-refractivity contribution in [3.63, 3.8) is 0 Å². The molecule has 0 spiro atoms. The van der Waals surface area contributed by atoms with Crippen LogP contribution in [0, 0.1) is 0 Å². The second-order valence-corrected chi connectivity index (χ2v) is 5.65. The first-order valence-corrected chi connectivity index (χ1v) is 6.62. The molecule has 6 heteroatoms. The maximum atomic E-state index is 12.0. The normalized spacial score (nSPS) is 21.6. The topological polar surface area (TPSA) is 57.6 Å². The zero-order valence-corrected chi connectivity index (χ0v) is 11.0. The van der Waals surface area contributed by atoms with Crippen LogP contribution in [0.2, 0.25) is 0 Å².